The lowest BCUT2D eigenvalue weighted by Gasteiger charge is -2.16. The maximum atomic E-state index is 10.7. The summed E-state index contributed by atoms with van der Waals surface area (Å²) >= 11 is 0. The molecule has 0 heterocycles. The fraction of sp³-hybridized carbons (Fsp3) is 1.00. The summed E-state index contributed by atoms with van der Waals surface area (Å²) in [5.74, 6) is 2.96. The SMILES string of the molecule is CC(C)CCCC(C)CCCC(C)CCCC(C)CCCS(=O)(=O)O. The summed E-state index contributed by atoms with van der Waals surface area (Å²) in [4.78, 5) is 0. The van der Waals surface area contributed by atoms with E-state index >= 15 is 0 Å². The van der Waals surface area contributed by atoms with Gasteiger partial charge in [-0.2, -0.15) is 8.42 Å². The first kappa shape index (κ1) is 24.9. The van der Waals surface area contributed by atoms with Gasteiger partial charge in [0.15, 0.2) is 0 Å². The fourth-order valence-electron chi connectivity index (χ4n) is 3.55. The Balaban J connectivity index is 3.58. The van der Waals surface area contributed by atoms with E-state index in [4.69, 9.17) is 4.55 Å². The van der Waals surface area contributed by atoms with Crippen LogP contribution in [0.2, 0.25) is 0 Å². The molecule has 0 bridgehead atoms. The first-order valence-corrected chi connectivity index (χ1v) is 12.2. The molecule has 0 spiro atoms. The van der Waals surface area contributed by atoms with Crippen molar-refractivity contribution in [1.82, 2.24) is 0 Å². The molecule has 0 aromatic heterocycles. The molecule has 4 heteroatoms. The van der Waals surface area contributed by atoms with Crippen molar-refractivity contribution in [2.24, 2.45) is 23.7 Å². The second-order valence-corrected chi connectivity index (χ2v) is 10.5. The molecule has 0 aliphatic heterocycles. The summed E-state index contributed by atoms with van der Waals surface area (Å²) < 4.78 is 30.2. The highest BCUT2D eigenvalue weighted by molar-refractivity contribution is 7.85. The van der Waals surface area contributed by atoms with Gasteiger partial charge in [-0.3, -0.25) is 4.55 Å². The summed E-state index contributed by atoms with van der Waals surface area (Å²) in [6.07, 6.45) is 13.3. The van der Waals surface area contributed by atoms with Crippen LogP contribution in [0.4, 0.5) is 0 Å². The van der Waals surface area contributed by atoms with Crippen LogP contribution in [0.1, 0.15) is 105 Å². The molecule has 0 aromatic carbocycles. The Hall–Kier alpha value is -0.0900. The van der Waals surface area contributed by atoms with Crippen molar-refractivity contribution in [3.63, 3.8) is 0 Å². The zero-order chi connectivity index (χ0) is 19.3. The number of rotatable bonds is 16. The zero-order valence-electron chi connectivity index (χ0n) is 17.5. The Bertz CT molecular complexity index is 403. The topological polar surface area (TPSA) is 54.4 Å². The second-order valence-electron chi connectivity index (χ2n) is 8.93. The van der Waals surface area contributed by atoms with Gasteiger partial charge >= 0.3 is 0 Å². The molecule has 0 aliphatic carbocycles. The van der Waals surface area contributed by atoms with Gasteiger partial charge in [-0.1, -0.05) is 92.4 Å². The first-order chi connectivity index (χ1) is 11.6. The van der Waals surface area contributed by atoms with Crippen LogP contribution in [-0.2, 0) is 10.1 Å². The average molecular weight is 377 g/mol. The van der Waals surface area contributed by atoms with E-state index in [2.05, 4.69) is 34.6 Å². The van der Waals surface area contributed by atoms with Crippen molar-refractivity contribution in [3.05, 3.63) is 0 Å². The molecule has 3 atom stereocenters. The average Bonchev–Trinajstić information content (AvgIpc) is 2.45. The predicted octanol–water partition coefficient (Wildman–Crippen LogP) is 6.73. The van der Waals surface area contributed by atoms with Gasteiger partial charge in [-0.05, 0) is 36.5 Å². The number of hydrogen-bond donors (Lipinski definition) is 1. The van der Waals surface area contributed by atoms with Gasteiger partial charge < -0.3 is 0 Å². The third-order valence-electron chi connectivity index (χ3n) is 5.37. The largest absolute Gasteiger partial charge is 0.286 e. The maximum Gasteiger partial charge on any atom is 0.264 e. The van der Waals surface area contributed by atoms with Crippen molar-refractivity contribution < 1.29 is 13.0 Å². The molecule has 0 aliphatic rings. The summed E-state index contributed by atoms with van der Waals surface area (Å²) in [6.45, 7) is 11.6. The molecule has 0 radical (unpaired) electrons. The maximum absolute atomic E-state index is 10.7. The van der Waals surface area contributed by atoms with Gasteiger partial charge in [0.25, 0.3) is 10.1 Å². The molecule has 0 rings (SSSR count). The molecular weight excluding hydrogens is 332 g/mol. The molecule has 0 fully saturated rings. The lowest BCUT2D eigenvalue weighted by Crippen LogP contribution is -2.06. The van der Waals surface area contributed by atoms with E-state index in [1.807, 2.05) is 0 Å². The van der Waals surface area contributed by atoms with E-state index in [-0.39, 0.29) is 5.75 Å². The van der Waals surface area contributed by atoms with Gasteiger partial charge in [0.05, 0.1) is 5.75 Å². The fourth-order valence-corrected chi connectivity index (χ4v) is 4.08. The molecule has 0 saturated carbocycles. The summed E-state index contributed by atoms with van der Waals surface area (Å²) in [5, 5.41) is 0. The lowest BCUT2D eigenvalue weighted by atomic mass is 9.90. The van der Waals surface area contributed by atoms with E-state index in [0.717, 1.165) is 24.2 Å². The van der Waals surface area contributed by atoms with Crippen LogP contribution in [-0.4, -0.2) is 18.7 Å². The van der Waals surface area contributed by atoms with Crippen molar-refractivity contribution in [2.75, 3.05) is 5.75 Å². The Kier molecular flexibility index (Phi) is 14.0. The van der Waals surface area contributed by atoms with Crippen LogP contribution in [0, 0.1) is 23.7 Å². The van der Waals surface area contributed by atoms with Crippen molar-refractivity contribution in [2.45, 2.75) is 105 Å². The van der Waals surface area contributed by atoms with E-state index < -0.39 is 10.1 Å². The van der Waals surface area contributed by atoms with Crippen LogP contribution in [0.25, 0.3) is 0 Å². The minimum atomic E-state index is -3.78. The molecule has 0 aromatic rings. The molecule has 3 unspecified atom stereocenters. The van der Waals surface area contributed by atoms with E-state index in [1.165, 1.54) is 57.8 Å². The van der Waals surface area contributed by atoms with Crippen LogP contribution in [0.5, 0.6) is 0 Å². The molecule has 0 saturated heterocycles. The molecule has 1 N–H and O–H groups in total. The molecule has 0 amide bonds. The highest BCUT2D eigenvalue weighted by atomic mass is 32.2. The standard InChI is InChI=1S/C21H44O3S/c1-18(2)10-6-11-19(3)12-7-13-20(4)14-8-15-21(5)16-9-17-25(22,23)24/h18-21H,6-17H2,1-5H3,(H,22,23,24). The molecule has 3 nitrogen and oxygen atoms in total. The summed E-state index contributed by atoms with van der Waals surface area (Å²) in [7, 11) is -3.78. The van der Waals surface area contributed by atoms with Gasteiger partial charge in [-0.15, -0.1) is 0 Å². The normalized spacial score (nSPS) is 16.1. The third-order valence-corrected chi connectivity index (χ3v) is 6.17. The Morgan fingerprint density at radius 2 is 0.920 bits per heavy atom. The van der Waals surface area contributed by atoms with Gasteiger partial charge in [0.2, 0.25) is 0 Å². The van der Waals surface area contributed by atoms with Crippen LogP contribution >= 0.6 is 0 Å². The summed E-state index contributed by atoms with van der Waals surface area (Å²) in [6, 6.07) is 0. The van der Waals surface area contributed by atoms with E-state index in [9.17, 15) is 8.42 Å². The summed E-state index contributed by atoms with van der Waals surface area (Å²) in [5.41, 5.74) is 0. The highest BCUT2D eigenvalue weighted by Gasteiger charge is 2.09. The highest BCUT2D eigenvalue weighted by Crippen LogP contribution is 2.23. The first-order valence-electron chi connectivity index (χ1n) is 10.5. The van der Waals surface area contributed by atoms with Crippen molar-refractivity contribution >= 4 is 10.1 Å². The van der Waals surface area contributed by atoms with Crippen LogP contribution in [0.3, 0.4) is 0 Å². The van der Waals surface area contributed by atoms with Crippen molar-refractivity contribution in [1.29, 1.82) is 0 Å². The zero-order valence-corrected chi connectivity index (χ0v) is 18.3. The second kappa shape index (κ2) is 14.0. The number of hydrogen-bond acceptors (Lipinski definition) is 2. The smallest absolute Gasteiger partial charge is 0.264 e. The molecule has 152 valence electrons. The molecular formula is C21H44O3S. The van der Waals surface area contributed by atoms with Crippen LogP contribution < -0.4 is 0 Å². The molecule has 25 heavy (non-hydrogen) atoms. The lowest BCUT2D eigenvalue weighted by molar-refractivity contribution is 0.373. The van der Waals surface area contributed by atoms with Gasteiger partial charge in [0, 0.05) is 0 Å². The van der Waals surface area contributed by atoms with E-state index in [0.29, 0.717) is 12.3 Å². The Labute approximate surface area is 158 Å². The quantitative estimate of drug-likeness (QED) is 0.304. The van der Waals surface area contributed by atoms with Gasteiger partial charge in [-0.25, -0.2) is 0 Å². The monoisotopic (exact) mass is 376 g/mol. The third kappa shape index (κ3) is 18.5. The van der Waals surface area contributed by atoms with Crippen molar-refractivity contribution in [3.8, 4) is 0 Å². The van der Waals surface area contributed by atoms with E-state index in [1.54, 1.807) is 0 Å². The van der Waals surface area contributed by atoms with Crippen LogP contribution in [0.15, 0.2) is 0 Å². The Morgan fingerprint density at radius 1 is 0.600 bits per heavy atom. The van der Waals surface area contributed by atoms with Gasteiger partial charge in [0.1, 0.15) is 0 Å². The predicted molar refractivity (Wildman–Crippen MR) is 110 cm³/mol. The Morgan fingerprint density at radius 3 is 1.24 bits per heavy atom. The minimum Gasteiger partial charge on any atom is -0.286 e. The minimum absolute atomic E-state index is 0.0942.